The lowest BCUT2D eigenvalue weighted by Crippen LogP contribution is -2.42. The Kier molecular flexibility index (Phi) is 4.12. The molecule has 0 radical (unpaired) electrons. The van der Waals surface area contributed by atoms with Crippen molar-refractivity contribution in [2.24, 2.45) is 0 Å². The van der Waals surface area contributed by atoms with Gasteiger partial charge in [0.2, 0.25) is 6.33 Å². The molecular formula is C17H21N6+. The van der Waals surface area contributed by atoms with Crippen LogP contribution in [0.1, 0.15) is 44.4 Å². The quantitative estimate of drug-likeness (QED) is 0.532. The van der Waals surface area contributed by atoms with Crippen LogP contribution in [-0.2, 0) is 17.5 Å². The minimum Gasteiger partial charge on any atom is -0.306 e. The third-order valence-corrected chi connectivity index (χ3v) is 3.92. The summed E-state index contributed by atoms with van der Waals surface area (Å²) in [5.74, 6) is 5.62. The van der Waals surface area contributed by atoms with Crippen LogP contribution in [0.3, 0.4) is 0 Å². The minimum atomic E-state index is -0.645. The number of nitrogens with two attached hydrogens (primary N) is 1. The Bertz CT molecular complexity index is 757. The number of hydrogen-bond donors (Lipinski definition) is 1. The summed E-state index contributed by atoms with van der Waals surface area (Å²) in [4.78, 5) is 3.71. The highest BCUT2D eigenvalue weighted by Crippen LogP contribution is 2.31. The van der Waals surface area contributed by atoms with Gasteiger partial charge in [0.05, 0.1) is 11.5 Å². The van der Waals surface area contributed by atoms with Crippen LogP contribution < -0.4 is 10.5 Å². The van der Waals surface area contributed by atoms with Crippen molar-refractivity contribution in [3.8, 4) is 6.07 Å². The molecule has 0 aliphatic carbocycles. The number of aromatic nitrogens is 3. The van der Waals surface area contributed by atoms with Crippen LogP contribution >= 0.6 is 0 Å². The van der Waals surface area contributed by atoms with Crippen LogP contribution in [-0.4, -0.2) is 9.78 Å². The normalized spacial score (nSPS) is 11.7. The first kappa shape index (κ1) is 16.5. The highest BCUT2D eigenvalue weighted by Gasteiger charge is 2.30. The molecule has 0 amide bonds. The first-order chi connectivity index (χ1) is 10.7. The molecule has 6 nitrogen and oxygen atoms in total. The Hall–Kier alpha value is -2.86. The largest absolute Gasteiger partial charge is 0.306 e. The lowest BCUT2D eigenvalue weighted by Gasteiger charge is -2.20. The molecule has 2 rings (SSSR count). The molecular weight excluding hydrogens is 288 g/mol. The molecule has 6 heteroatoms. The van der Waals surface area contributed by atoms with E-state index in [9.17, 15) is 5.26 Å². The van der Waals surface area contributed by atoms with E-state index in [4.69, 9.17) is 12.4 Å². The first-order valence-corrected chi connectivity index (χ1v) is 7.31. The second-order valence-corrected chi connectivity index (χ2v) is 6.72. The summed E-state index contributed by atoms with van der Waals surface area (Å²) in [5.41, 5.74) is 1.52. The summed E-state index contributed by atoms with van der Waals surface area (Å²) in [7, 11) is 0. The van der Waals surface area contributed by atoms with E-state index in [2.05, 4.69) is 16.0 Å². The topological polar surface area (TPSA) is 75.9 Å². The maximum absolute atomic E-state index is 9.43. The third kappa shape index (κ3) is 3.49. The number of hydrogen-bond acceptors (Lipinski definition) is 3. The molecule has 0 aliphatic rings. The summed E-state index contributed by atoms with van der Waals surface area (Å²) < 4.78 is 3.10. The van der Waals surface area contributed by atoms with E-state index >= 15 is 0 Å². The van der Waals surface area contributed by atoms with Crippen molar-refractivity contribution in [1.29, 1.82) is 5.26 Å². The Morgan fingerprint density at radius 1 is 1.30 bits per heavy atom. The lowest BCUT2D eigenvalue weighted by atomic mass is 9.81. The van der Waals surface area contributed by atoms with E-state index < -0.39 is 11.0 Å². The molecule has 0 spiro atoms. The highest BCUT2D eigenvalue weighted by atomic mass is 15.4. The van der Waals surface area contributed by atoms with Crippen molar-refractivity contribution in [2.45, 2.75) is 45.2 Å². The summed E-state index contributed by atoms with van der Waals surface area (Å²) >= 11 is 0. The van der Waals surface area contributed by atoms with E-state index in [0.717, 1.165) is 16.7 Å². The summed E-state index contributed by atoms with van der Waals surface area (Å²) in [6.07, 6.45) is 3.20. The van der Waals surface area contributed by atoms with Gasteiger partial charge in [0.1, 0.15) is 6.54 Å². The fourth-order valence-corrected chi connectivity index (χ4v) is 2.23. The number of nitrogen functional groups attached to an aromatic ring is 1. The van der Waals surface area contributed by atoms with Crippen LogP contribution in [0.2, 0.25) is 0 Å². The predicted octanol–water partition coefficient (Wildman–Crippen LogP) is 1.89. The molecule has 0 atom stereocenters. The van der Waals surface area contributed by atoms with Crippen LogP contribution in [0.15, 0.2) is 30.9 Å². The molecule has 0 saturated carbocycles. The maximum atomic E-state index is 9.43. The fraction of sp³-hybridized carbons (Fsp3) is 0.412. The second kappa shape index (κ2) is 5.73. The van der Waals surface area contributed by atoms with Crippen molar-refractivity contribution in [1.82, 2.24) is 9.78 Å². The van der Waals surface area contributed by atoms with Gasteiger partial charge in [-0.15, -0.1) is 9.36 Å². The molecule has 1 aromatic heterocycles. The summed E-state index contributed by atoms with van der Waals surface area (Å²) in [6.45, 7) is 15.5. The molecule has 1 aromatic carbocycles. The monoisotopic (exact) mass is 309 g/mol. The zero-order valence-electron chi connectivity index (χ0n) is 13.9. The Balaban J connectivity index is 2.54. The van der Waals surface area contributed by atoms with Crippen LogP contribution in [0.5, 0.6) is 0 Å². The van der Waals surface area contributed by atoms with E-state index in [1.807, 2.05) is 45.9 Å². The Morgan fingerprint density at radius 2 is 1.96 bits per heavy atom. The molecule has 2 N–H and O–H groups in total. The van der Waals surface area contributed by atoms with Crippen molar-refractivity contribution in [2.75, 3.05) is 5.84 Å². The number of benzene rings is 1. The van der Waals surface area contributed by atoms with Gasteiger partial charge in [0.15, 0.2) is 0 Å². The van der Waals surface area contributed by atoms with Gasteiger partial charge in [-0.2, -0.15) is 5.26 Å². The van der Waals surface area contributed by atoms with Gasteiger partial charge < -0.3 is 4.85 Å². The molecule has 0 saturated heterocycles. The summed E-state index contributed by atoms with van der Waals surface area (Å²) in [5, 5.41) is 13.6. The van der Waals surface area contributed by atoms with Crippen molar-refractivity contribution in [3.63, 3.8) is 0 Å². The van der Waals surface area contributed by atoms with Gasteiger partial charge in [0, 0.05) is 24.5 Å². The van der Waals surface area contributed by atoms with E-state index in [1.54, 1.807) is 11.0 Å². The van der Waals surface area contributed by atoms with Crippen molar-refractivity contribution >= 4 is 0 Å². The fourth-order valence-electron chi connectivity index (χ4n) is 2.23. The predicted molar refractivity (Wildman–Crippen MR) is 86.4 cm³/mol. The van der Waals surface area contributed by atoms with E-state index in [-0.39, 0.29) is 0 Å². The Labute approximate surface area is 136 Å². The zero-order valence-corrected chi connectivity index (χ0v) is 13.9. The van der Waals surface area contributed by atoms with Gasteiger partial charge in [-0.05, 0) is 37.1 Å². The third-order valence-electron chi connectivity index (χ3n) is 3.92. The van der Waals surface area contributed by atoms with Gasteiger partial charge in [-0.3, -0.25) is 5.84 Å². The van der Waals surface area contributed by atoms with Gasteiger partial charge in [-0.25, -0.2) is 6.57 Å². The summed E-state index contributed by atoms with van der Waals surface area (Å²) in [6, 6.07) is 8.27. The maximum Gasteiger partial charge on any atom is 0.286 e. The second-order valence-electron chi connectivity index (χ2n) is 6.72. The molecule has 0 aliphatic heterocycles. The Morgan fingerprint density at radius 3 is 2.48 bits per heavy atom. The smallest absolute Gasteiger partial charge is 0.286 e. The SMILES string of the molecule is [C-]#[N+]C(C)(C)c1cc(Cn2c[n+](N)cn2)cc(C(C)(C)C#N)c1. The molecule has 0 unspecified atom stereocenters. The van der Waals surface area contributed by atoms with Crippen molar-refractivity contribution in [3.05, 3.63) is 59.0 Å². The standard InChI is InChI=1S/C17H21N6/c1-16(2,10-18)14-6-13(9-23-12-22(19)11-21-23)7-15(8-14)17(3,4)20-5/h6-8,11-12H,9,19H2,1-4H3/q+1. The highest BCUT2D eigenvalue weighted by molar-refractivity contribution is 5.41. The van der Waals surface area contributed by atoms with Crippen LogP contribution in [0, 0.1) is 17.9 Å². The number of nitrogens with zero attached hydrogens (tertiary/aromatic N) is 5. The van der Waals surface area contributed by atoms with Gasteiger partial charge >= 0.3 is 0 Å². The van der Waals surface area contributed by atoms with E-state index in [0.29, 0.717) is 6.54 Å². The number of rotatable bonds is 4. The molecule has 0 bridgehead atoms. The average molecular weight is 309 g/mol. The lowest BCUT2D eigenvalue weighted by molar-refractivity contribution is -0.639. The van der Waals surface area contributed by atoms with Crippen LogP contribution in [0.25, 0.3) is 4.85 Å². The molecule has 1 heterocycles. The first-order valence-electron chi connectivity index (χ1n) is 7.31. The molecule has 118 valence electrons. The van der Waals surface area contributed by atoms with Gasteiger partial charge in [-0.1, -0.05) is 6.07 Å². The minimum absolute atomic E-state index is 0.528. The average Bonchev–Trinajstić information content (AvgIpc) is 2.92. The van der Waals surface area contributed by atoms with Crippen molar-refractivity contribution < 1.29 is 4.68 Å². The van der Waals surface area contributed by atoms with Gasteiger partial charge in [0.25, 0.3) is 11.9 Å². The van der Waals surface area contributed by atoms with Crippen LogP contribution in [0.4, 0.5) is 0 Å². The molecule has 23 heavy (non-hydrogen) atoms. The van der Waals surface area contributed by atoms with E-state index in [1.165, 1.54) is 11.0 Å². The zero-order chi connectivity index (χ0) is 17.3. The molecule has 2 aromatic rings. The molecule has 0 fully saturated rings. The number of nitriles is 1.